The van der Waals surface area contributed by atoms with E-state index in [2.05, 4.69) is 9.97 Å². The first kappa shape index (κ1) is 24.2. The van der Waals surface area contributed by atoms with Crippen molar-refractivity contribution in [3.63, 3.8) is 0 Å². The molecule has 2 unspecified atom stereocenters. The molecule has 0 aliphatic rings. The zero-order valence-corrected chi connectivity index (χ0v) is 21.7. The highest BCUT2D eigenvalue weighted by molar-refractivity contribution is 6.30. The molecule has 0 fully saturated rings. The zero-order valence-electron chi connectivity index (χ0n) is 20.2. The van der Waals surface area contributed by atoms with Gasteiger partial charge in [-0.1, -0.05) is 83.9 Å². The maximum atomic E-state index is 15.0. The van der Waals surface area contributed by atoms with Crippen LogP contribution in [0.2, 0.25) is 10.0 Å². The van der Waals surface area contributed by atoms with Crippen molar-refractivity contribution in [2.24, 2.45) is 0 Å². The molecule has 0 saturated heterocycles. The molecule has 0 amide bonds. The number of anilines is 2. The molecular formula is C31H24Cl2N4O. The Morgan fingerprint density at radius 2 is 0.947 bits per heavy atom. The lowest BCUT2D eigenvalue weighted by Gasteiger charge is -2.25. The quantitative estimate of drug-likeness (QED) is 0.175. The summed E-state index contributed by atoms with van der Waals surface area (Å²) in [6.07, 6.45) is 0. The van der Waals surface area contributed by atoms with Crippen LogP contribution in [0.3, 0.4) is 0 Å². The van der Waals surface area contributed by atoms with E-state index < -0.39 is 11.8 Å². The molecule has 2 atom stereocenters. The summed E-state index contributed by atoms with van der Waals surface area (Å²) in [6, 6.07) is 30.3. The van der Waals surface area contributed by atoms with Crippen molar-refractivity contribution >= 4 is 62.4 Å². The van der Waals surface area contributed by atoms with Crippen LogP contribution in [0.25, 0.3) is 21.8 Å². The van der Waals surface area contributed by atoms with Gasteiger partial charge in [-0.25, -0.2) is 0 Å². The third kappa shape index (κ3) is 4.10. The van der Waals surface area contributed by atoms with Gasteiger partial charge in [0.15, 0.2) is 5.78 Å². The predicted molar refractivity (Wildman–Crippen MR) is 157 cm³/mol. The van der Waals surface area contributed by atoms with E-state index in [1.807, 2.05) is 72.8 Å². The molecule has 2 aromatic heterocycles. The first-order valence-corrected chi connectivity index (χ1v) is 12.9. The van der Waals surface area contributed by atoms with Gasteiger partial charge in [-0.2, -0.15) is 0 Å². The van der Waals surface area contributed by atoms with E-state index in [0.29, 0.717) is 21.7 Å². The van der Waals surface area contributed by atoms with Crippen LogP contribution in [-0.4, -0.2) is 15.8 Å². The average Bonchev–Trinajstić information content (AvgIpc) is 3.42. The minimum Gasteiger partial charge on any atom is -0.385 e. The molecule has 188 valence electrons. The fourth-order valence-electron chi connectivity index (χ4n) is 5.41. The number of aromatic nitrogens is 2. The molecule has 0 spiro atoms. The SMILES string of the molecule is Nc1[nH]c2ccccc2c1C(C(=O)C(c1ccc(Cl)cc1)c1c(N)[nH]c2ccccc12)c1ccc(Cl)cc1. The minimum absolute atomic E-state index is 0.0671. The number of ketones is 1. The number of Topliss-reactive ketones (excluding diaryl/α,β-unsaturated/α-hetero) is 1. The van der Waals surface area contributed by atoms with Gasteiger partial charge in [-0.3, -0.25) is 4.79 Å². The Hall–Kier alpha value is -4.19. The van der Waals surface area contributed by atoms with Gasteiger partial charge >= 0.3 is 0 Å². The number of carbonyl (C=O) groups excluding carboxylic acids is 1. The predicted octanol–water partition coefficient (Wildman–Crippen LogP) is 7.65. The van der Waals surface area contributed by atoms with E-state index in [9.17, 15) is 4.79 Å². The second kappa shape index (κ2) is 9.60. The van der Waals surface area contributed by atoms with Crippen LogP contribution in [0, 0.1) is 0 Å². The summed E-state index contributed by atoms with van der Waals surface area (Å²) in [5.41, 5.74) is 17.9. The number of hydrogen-bond donors (Lipinski definition) is 4. The first-order chi connectivity index (χ1) is 18.4. The van der Waals surface area contributed by atoms with E-state index >= 15 is 0 Å². The number of benzene rings is 4. The molecule has 0 bridgehead atoms. The monoisotopic (exact) mass is 538 g/mol. The number of fused-ring (bicyclic) bond motifs is 2. The summed E-state index contributed by atoms with van der Waals surface area (Å²) < 4.78 is 0. The molecule has 7 heteroatoms. The van der Waals surface area contributed by atoms with Gasteiger partial charge in [-0.05, 0) is 47.5 Å². The Morgan fingerprint density at radius 3 is 1.34 bits per heavy atom. The fourth-order valence-corrected chi connectivity index (χ4v) is 5.67. The molecule has 0 aliphatic carbocycles. The standard InChI is InChI=1S/C31H24Cl2N4O/c32-19-13-9-17(10-14-19)25(27-21-5-1-3-7-23(21)36-30(27)34)29(38)26(18-11-15-20(33)16-12-18)28-22-6-2-4-8-24(22)37-31(28)35/h1-16,25-26,36-37H,34-35H2. The Bertz CT molecular complexity index is 1650. The van der Waals surface area contributed by atoms with Crippen LogP contribution in [0.15, 0.2) is 97.1 Å². The number of nitrogen functional groups attached to an aromatic ring is 2. The second-order valence-electron chi connectivity index (χ2n) is 9.37. The summed E-state index contributed by atoms with van der Waals surface area (Å²) >= 11 is 12.5. The number of halogens is 2. The smallest absolute Gasteiger partial charge is 0.156 e. The topological polar surface area (TPSA) is 101 Å². The normalized spacial score (nSPS) is 13.1. The lowest BCUT2D eigenvalue weighted by molar-refractivity contribution is -0.120. The molecule has 2 heterocycles. The van der Waals surface area contributed by atoms with Gasteiger partial charge in [0.25, 0.3) is 0 Å². The number of H-pyrrole nitrogens is 2. The average molecular weight is 539 g/mol. The van der Waals surface area contributed by atoms with E-state index in [-0.39, 0.29) is 5.78 Å². The third-order valence-electron chi connectivity index (χ3n) is 7.11. The van der Waals surface area contributed by atoms with Crippen molar-refractivity contribution in [2.45, 2.75) is 11.8 Å². The third-order valence-corrected chi connectivity index (χ3v) is 7.61. The van der Waals surface area contributed by atoms with Crippen molar-refractivity contribution in [3.8, 4) is 0 Å². The maximum absolute atomic E-state index is 15.0. The number of rotatable bonds is 6. The van der Waals surface area contributed by atoms with Crippen molar-refractivity contribution in [1.29, 1.82) is 0 Å². The number of carbonyl (C=O) groups is 1. The molecule has 6 N–H and O–H groups in total. The highest BCUT2D eigenvalue weighted by Gasteiger charge is 2.37. The summed E-state index contributed by atoms with van der Waals surface area (Å²) in [7, 11) is 0. The highest BCUT2D eigenvalue weighted by Crippen LogP contribution is 2.44. The summed E-state index contributed by atoms with van der Waals surface area (Å²) in [4.78, 5) is 21.5. The molecular weight excluding hydrogens is 515 g/mol. The van der Waals surface area contributed by atoms with E-state index in [1.54, 1.807) is 24.3 Å². The van der Waals surface area contributed by atoms with Crippen molar-refractivity contribution in [2.75, 3.05) is 11.5 Å². The minimum atomic E-state index is -0.697. The molecule has 5 nitrogen and oxygen atoms in total. The molecule has 38 heavy (non-hydrogen) atoms. The maximum Gasteiger partial charge on any atom is 0.156 e. The number of aromatic amines is 2. The van der Waals surface area contributed by atoms with Crippen molar-refractivity contribution < 1.29 is 4.79 Å². The zero-order chi connectivity index (χ0) is 26.4. The van der Waals surface area contributed by atoms with Crippen molar-refractivity contribution in [3.05, 3.63) is 129 Å². The lowest BCUT2D eigenvalue weighted by Crippen LogP contribution is -2.24. The highest BCUT2D eigenvalue weighted by atomic mass is 35.5. The lowest BCUT2D eigenvalue weighted by atomic mass is 9.76. The van der Waals surface area contributed by atoms with Crippen LogP contribution in [0.4, 0.5) is 11.6 Å². The molecule has 6 rings (SSSR count). The fraction of sp³-hybridized carbons (Fsp3) is 0.0645. The van der Waals surface area contributed by atoms with Crippen LogP contribution in [0.5, 0.6) is 0 Å². The number of para-hydroxylation sites is 2. The Kier molecular flexibility index (Phi) is 6.10. The van der Waals surface area contributed by atoms with Crippen molar-refractivity contribution in [1.82, 2.24) is 9.97 Å². The van der Waals surface area contributed by atoms with Gasteiger partial charge in [0, 0.05) is 43.0 Å². The van der Waals surface area contributed by atoms with E-state index in [0.717, 1.165) is 44.1 Å². The summed E-state index contributed by atoms with van der Waals surface area (Å²) in [5, 5.41) is 2.95. The summed E-state index contributed by atoms with van der Waals surface area (Å²) in [5.74, 6) is -0.570. The Balaban J connectivity index is 1.63. The second-order valence-corrected chi connectivity index (χ2v) is 10.2. The first-order valence-electron chi connectivity index (χ1n) is 12.2. The van der Waals surface area contributed by atoms with E-state index in [4.69, 9.17) is 34.7 Å². The van der Waals surface area contributed by atoms with Gasteiger partial charge < -0.3 is 21.4 Å². The van der Waals surface area contributed by atoms with Crippen LogP contribution < -0.4 is 11.5 Å². The summed E-state index contributed by atoms with van der Waals surface area (Å²) in [6.45, 7) is 0. The Morgan fingerprint density at radius 1 is 0.579 bits per heavy atom. The molecule has 0 saturated carbocycles. The Labute approximate surface area is 229 Å². The number of nitrogens with two attached hydrogens (primary N) is 2. The van der Waals surface area contributed by atoms with Gasteiger partial charge in [0.05, 0.1) is 11.8 Å². The molecule has 0 aliphatic heterocycles. The van der Waals surface area contributed by atoms with Gasteiger partial charge in [-0.15, -0.1) is 0 Å². The largest absolute Gasteiger partial charge is 0.385 e. The number of hydrogen-bond acceptors (Lipinski definition) is 3. The van der Waals surface area contributed by atoms with Gasteiger partial charge in [0.2, 0.25) is 0 Å². The molecule has 6 aromatic rings. The van der Waals surface area contributed by atoms with Crippen LogP contribution in [0.1, 0.15) is 34.1 Å². The van der Waals surface area contributed by atoms with Crippen LogP contribution in [-0.2, 0) is 4.79 Å². The number of nitrogens with one attached hydrogen (secondary N) is 2. The molecule has 0 radical (unpaired) electrons. The van der Waals surface area contributed by atoms with Crippen LogP contribution >= 0.6 is 23.2 Å². The molecule has 4 aromatic carbocycles. The van der Waals surface area contributed by atoms with E-state index in [1.165, 1.54) is 0 Å². The van der Waals surface area contributed by atoms with Gasteiger partial charge in [0.1, 0.15) is 11.6 Å².